The van der Waals surface area contributed by atoms with Crippen molar-refractivity contribution in [3.8, 4) is 0 Å². The van der Waals surface area contributed by atoms with Gasteiger partial charge in [-0.15, -0.1) is 11.6 Å². The van der Waals surface area contributed by atoms with Crippen LogP contribution in [0.3, 0.4) is 0 Å². The minimum atomic E-state index is -2.97. The second kappa shape index (κ2) is 51.4. The highest BCUT2D eigenvalue weighted by Gasteiger charge is 2.41. The number of cyclic esters (lactones) is 1. The number of carboxylic acids is 2. The fourth-order valence-corrected chi connectivity index (χ4v) is 11.3. The van der Waals surface area contributed by atoms with Gasteiger partial charge in [-0.1, -0.05) is 83.6 Å². The third-order valence-electron chi connectivity index (χ3n) is 17.7. The van der Waals surface area contributed by atoms with Gasteiger partial charge < -0.3 is 140 Å². The SMILES string of the molecule is C/C=C1/NC(=O)[C@H]([C@H](C)O)NC(=O)[C@H](CCNC(=O)OCc2oc(=O)oc2C)NC(=O)[C@H](CCCCNC(=O)OCc2oc(=O)oc2C)NC(=O)[C@H](CC(=O)O)NC(=O)[C@@H](CCNC(=O)OCc2oc(=O)oc2C)NC(=O)[C@@H](NC(=O)C[C@H](O)CCCCCCCCCCCCC)COC(=O)[C@@H]([C@H](O)CCl)NC(=O)[C@H]([C@H](O)C(=O)O)NC1=O. The number of aliphatic carboxylic acids is 2. The second-order valence-corrected chi connectivity index (χ2v) is 27.3. The predicted octanol–water partition coefficient (Wildman–Crippen LogP) is -1.91. The van der Waals surface area contributed by atoms with E-state index in [1.54, 1.807) is 0 Å². The lowest BCUT2D eigenvalue weighted by atomic mass is 10.0. The number of alkyl halides is 1. The van der Waals surface area contributed by atoms with Crippen molar-refractivity contribution in [2.24, 2.45) is 0 Å². The van der Waals surface area contributed by atoms with E-state index in [-0.39, 0.29) is 60.4 Å². The summed E-state index contributed by atoms with van der Waals surface area (Å²) in [5.74, 6) is -24.3. The molecular weight excluding hydrogens is 1600 g/mol. The average Bonchev–Trinajstić information content (AvgIpc) is 1.28. The minimum absolute atomic E-state index is 0.00199. The first-order valence-corrected chi connectivity index (χ1v) is 38.3. The molecule has 1 aliphatic heterocycles. The molecule has 0 radical (unpaired) electrons. The number of unbranched alkanes of at least 4 members (excludes halogenated alkanes) is 11. The number of alkyl carbamates (subject to hydrolysis) is 3. The smallest absolute Gasteiger partial charge is 0.481 e. The maximum Gasteiger partial charge on any atom is 0.519 e. The Labute approximate surface area is 676 Å². The molecule has 4 heterocycles. The molecule has 0 unspecified atom stereocenters. The van der Waals surface area contributed by atoms with Gasteiger partial charge in [-0.25, -0.2) is 38.4 Å². The van der Waals surface area contributed by atoms with Crippen LogP contribution in [0.1, 0.15) is 177 Å². The summed E-state index contributed by atoms with van der Waals surface area (Å²) < 4.78 is 49.3. The Morgan fingerprint density at radius 3 is 1.38 bits per heavy atom. The van der Waals surface area contributed by atoms with Crippen LogP contribution in [0.25, 0.3) is 0 Å². The third kappa shape index (κ3) is 35.4. The van der Waals surface area contributed by atoms with Crippen molar-refractivity contribution in [3.05, 3.63) is 78.2 Å². The van der Waals surface area contributed by atoms with Gasteiger partial charge in [0.25, 0.3) is 5.91 Å². The molecule has 1 aliphatic rings. The molecule has 46 nitrogen and oxygen atoms in total. The number of nitrogens with one attached hydrogen (secondary N) is 12. The molecule has 1 saturated heterocycles. The highest BCUT2D eigenvalue weighted by Crippen LogP contribution is 2.17. The molecule has 0 saturated carbocycles. The summed E-state index contributed by atoms with van der Waals surface area (Å²) in [5, 5.41) is 90.4. The minimum Gasteiger partial charge on any atom is -0.481 e. The summed E-state index contributed by atoms with van der Waals surface area (Å²) in [6.45, 7) is 3.10. The molecule has 4 rings (SSSR count). The highest BCUT2D eigenvalue weighted by molar-refractivity contribution is 6.18. The van der Waals surface area contributed by atoms with Crippen LogP contribution in [0.4, 0.5) is 14.4 Å². The molecule has 0 spiro atoms. The van der Waals surface area contributed by atoms with Crippen LogP contribution in [0.15, 0.2) is 52.7 Å². The van der Waals surface area contributed by atoms with Crippen LogP contribution in [0.5, 0.6) is 0 Å². The Balaban J connectivity index is 1.88. The molecule has 118 heavy (non-hydrogen) atoms. The molecule has 3 aromatic rings. The van der Waals surface area contributed by atoms with Crippen molar-refractivity contribution >= 4 is 101 Å². The number of amides is 12. The fourth-order valence-electron chi connectivity index (χ4n) is 11.1. The molecule has 658 valence electrons. The number of carbonyl (C=O) groups excluding carboxylic acids is 13. The van der Waals surface area contributed by atoms with E-state index in [2.05, 4.69) is 54.8 Å². The van der Waals surface area contributed by atoms with Crippen molar-refractivity contribution < 1.29 is 148 Å². The van der Waals surface area contributed by atoms with E-state index in [1.807, 2.05) is 16.0 Å². The largest absolute Gasteiger partial charge is 0.519 e. The third-order valence-corrected chi connectivity index (χ3v) is 18.0. The number of esters is 1. The highest BCUT2D eigenvalue weighted by atomic mass is 35.5. The van der Waals surface area contributed by atoms with Gasteiger partial charge in [0.05, 0.1) is 37.0 Å². The lowest BCUT2D eigenvalue weighted by Gasteiger charge is -2.29. The number of carboxylic acid groups (broad SMARTS) is 2. The molecule has 0 aromatic carbocycles. The number of hydrogen-bond donors (Lipinski definition) is 18. The number of carbonyl (C=O) groups is 15. The molecule has 0 bridgehead atoms. The number of aliphatic hydroxyl groups excluding tert-OH is 4. The van der Waals surface area contributed by atoms with Gasteiger partial charge in [-0.3, -0.25) is 47.9 Å². The maximum absolute atomic E-state index is 14.9. The number of rotatable bonds is 39. The van der Waals surface area contributed by atoms with E-state index >= 15 is 0 Å². The van der Waals surface area contributed by atoms with Crippen LogP contribution in [-0.2, 0) is 96.3 Å². The topological polar surface area (TPSA) is 689 Å². The summed E-state index contributed by atoms with van der Waals surface area (Å²) in [6, 6.07) is -18.1. The number of ether oxygens (including phenoxy) is 4. The molecule has 47 heteroatoms. The number of halogens is 1. The van der Waals surface area contributed by atoms with Crippen LogP contribution in [0, 0.1) is 20.8 Å². The van der Waals surface area contributed by atoms with Crippen molar-refractivity contribution in [1.82, 2.24) is 63.8 Å². The van der Waals surface area contributed by atoms with E-state index in [9.17, 15) is 117 Å². The van der Waals surface area contributed by atoms with Crippen LogP contribution in [0.2, 0.25) is 0 Å². The van der Waals surface area contributed by atoms with Gasteiger partial charge in [0.1, 0.15) is 54.6 Å². The quantitative estimate of drug-likeness (QED) is 0.00974. The average molecular weight is 1700 g/mol. The molecule has 3 aromatic heterocycles. The first-order valence-electron chi connectivity index (χ1n) is 37.7. The van der Waals surface area contributed by atoms with Gasteiger partial charge in [-0.05, 0) is 73.1 Å². The van der Waals surface area contributed by atoms with E-state index in [0.717, 1.165) is 77.7 Å². The number of hydrogen-bond acceptors (Lipinski definition) is 32. The molecule has 12 amide bonds. The van der Waals surface area contributed by atoms with E-state index in [0.29, 0.717) is 12.8 Å². The van der Waals surface area contributed by atoms with Gasteiger partial charge in [0.2, 0.25) is 47.3 Å². The zero-order valence-corrected chi connectivity index (χ0v) is 66.3. The molecule has 18 N–H and O–H groups in total. The van der Waals surface area contributed by atoms with Gasteiger partial charge in [0, 0.05) is 19.6 Å². The van der Waals surface area contributed by atoms with Crippen molar-refractivity contribution in [3.63, 3.8) is 0 Å². The summed E-state index contributed by atoms with van der Waals surface area (Å²) >= 11 is 5.95. The van der Waals surface area contributed by atoms with Crippen molar-refractivity contribution in [2.75, 3.05) is 32.1 Å². The Morgan fingerprint density at radius 2 is 0.941 bits per heavy atom. The standard InChI is InChI=1S/C71H103ClN12O34/c1-7-9-10-11-12-13-14-15-16-17-18-21-39(86)28-50(88)76-45-31-109-65(102)53(46(87)30-72)83-63(99)54(55(91)64(100)101)84-56(92)40(8-2)77-62(98)52(35(3)85)82-59(95)43(24-27-75-68(105)112-34-49-38(6)115-71(108)118-49)79-57(93)41(22-19-20-25-73-66(103)110-32-47-36(4)113-69(106)116-47)78-60(96)44(29-51(89)90)81-58(94)42(80-61(45)97)23-26-74-67(104)111-33-48-37(5)114-70(107)117-48/h8,35,39,41-46,52-55,85-87,91H,7,9-34H2,1-6H3,(H,73,103)(H,74,104)(H,75,105)(H,76,88)(H,77,98)(H,78,96)(H,79,93)(H,80,97)(H,81,94)(H,82,95)(H,83,99)(H,84,92)(H,89,90)(H,100,101)/b40-8+/t35-,39+,41-,42+,43-,44-,45-,46+,52-,53+,54-,55-/m0/s1. The normalized spacial score (nSPS) is 20.5. The number of allylic oxidation sites excluding steroid dienone is 1. The lowest BCUT2D eigenvalue weighted by Crippen LogP contribution is -2.62. The zero-order valence-electron chi connectivity index (χ0n) is 65.6. The predicted molar refractivity (Wildman–Crippen MR) is 398 cm³/mol. The first kappa shape index (κ1) is 98.7. The monoisotopic (exact) mass is 1700 g/mol. The second-order valence-electron chi connectivity index (χ2n) is 27.0. The molecule has 12 atom stereocenters. The van der Waals surface area contributed by atoms with Crippen molar-refractivity contribution in [2.45, 2.75) is 256 Å². The van der Waals surface area contributed by atoms with E-state index < -0.39 is 263 Å². The Bertz CT molecular complexity index is 4110. The van der Waals surface area contributed by atoms with Crippen LogP contribution in [-0.4, -0.2) is 225 Å². The summed E-state index contributed by atoms with van der Waals surface area (Å²) in [7, 11) is 0. The van der Waals surface area contributed by atoms with Crippen LogP contribution < -0.4 is 81.3 Å². The van der Waals surface area contributed by atoms with Gasteiger partial charge in [-0.2, -0.15) is 0 Å². The van der Waals surface area contributed by atoms with Gasteiger partial charge in [0.15, 0.2) is 66.5 Å². The Kier molecular flexibility index (Phi) is 43.0. The fraction of sp³-hybridized carbons (Fsp3) is 0.634. The molecular formula is C71H103ClN12O34. The zero-order chi connectivity index (χ0) is 87.7. The van der Waals surface area contributed by atoms with E-state index in [4.69, 9.17) is 57.1 Å². The lowest BCUT2D eigenvalue weighted by molar-refractivity contribution is -0.155. The first-order chi connectivity index (χ1) is 55.9. The summed E-state index contributed by atoms with van der Waals surface area (Å²) in [6.07, 6.45) is -5.31. The summed E-state index contributed by atoms with van der Waals surface area (Å²) in [4.78, 5) is 243. The maximum atomic E-state index is 14.9. The number of aliphatic hydroxyl groups is 4. The number of aryl methyl sites for hydroxylation is 3. The van der Waals surface area contributed by atoms with Gasteiger partial charge >= 0.3 is 53.7 Å². The Morgan fingerprint density at radius 1 is 0.508 bits per heavy atom. The Hall–Kier alpha value is -11.6. The van der Waals surface area contributed by atoms with E-state index in [1.165, 1.54) is 20.8 Å². The summed E-state index contributed by atoms with van der Waals surface area (Å²) in [5.41, 5.74) is -0.923. The molecule has 1 fully saturated rings. The van der Waals surface area contributed by atoms with Crippen LogP contribution >= 0.6 is 11.6 Å². The molecule has 0 aliphatic carbocycles. The van der Waals surface area contributed by atoms with Crippen molar-refractivity contribution in [1.29, 1.82) is 0 Å².